The minimum absolute atomic E-state index is 0.0459. The molecule has 34 heavy (non-hydrogen) atoms. The fourth-order valence-corrected chi connectivity index (χ4v) is 4.69. The first-order chi connectivity index (χ1) is 16.6. The standard InChI is InChI=1S/C30H32O4/c31-28(21-20-23-12-4-1-5-13-23)30(33,22-24-14-6-2-7-15-24)29(32)34-27-19-11-10-18-26(27)25-16-8-3-9-17-25/h1-9,12-17,20-21,26-28,31,33H,10-11,18-19,22H2/b21-20+/t26-,27+,28-,30+/m0/s1. The van der Waals surface area contributed by atoms with E-state index in [1.807, 2.05) is 78.9 Å². The SMILES string of the molecule is O=C(O[C@@H]1CCCC[C@H]1c1ccccc1)[C@@](O)(Cc1ccccc1)[C@@H](O)/C=C/c1ccccc1. The summed E-state index contributed by atoms with van der Waals surface area (Å²) in [4.78, 5) is 13.5. The van der Waals surface area contributed by atoms with Crippen LogP contribution in [0.4, 0.5) is 0 Å². The molecule has 0 unspecified atom stereocenters. The van der Waals surface area contributed by atoms with Crippen molar-refractivity contribution in [1.82, 2.24) is 0 Å². The number of aliphatic hydroxyl groups is 2. The molecule has 0 aromatic heterocycles. The van der Waals surface area contributed by atoms with Crippen molar-refractivity contribution in [1.29, 1.82) is 0 Å². The van der Waals surface area contributed by atoms with E-state index in [0.717, 1.165) is 42.4 Å². The monoisotopic (exact) mass is 456 g/mol. The number of rotatable bonds is 8. The third-order valence-electron chi connectivity index (χ3n) is 6.62. The molecule has 4 rings (SSSR count). The van der Waals surface area contributed by atoms with Crippen LogP contribution in [0.25, 0.3) is 6.08 Å². The number of carbonyl (C=O) groups excluding carboxylic acids is 1. The van der Waals surface area contributed by atoms with Crippen LogP contribution in [0.15, 0.2) is 97.1 Å². The number of ether oxygens (including phenoxy) is 1. The van der Waals surface area contributed by atoms with Gasteiger partial charge in [0.1, 0.15) is 12.2 Å². The Labute approximate surface area is 201 Å². The highest BCUT2D eigenvalue weighted by Gasteiger charge is 2.46. The van der Waals surface area contributed by atoms with E-state index >= 15 is 0 Å². The number of carbonyl (C=O) groups is 1. The van der Waals surface area contributed by atoms with Crippen molar-refractivity contribution >= 4 is 12.0 Å². The van der Waals surface area contributed by atoms with Gasteiger partial charge in [-0.15, -0.1) is 0 Å². The first-order valence-corrected chi connectivity index (χ1v) is 12.0. The van der Waals surface area contributed by atoms with Crippen LogP contribution in [0.3, 0.4) is 0 Å². The van der Waals surface area contributed by atoms with Crippen LogP contribution >= 0.6 is 0 Å². The highest BCUT2D eigenvalue weighted by atomic mass is 16.6. The normalized spacial score (nSPS) is 21.0. The summed E-state index contributed by atoms with van der Waals surface area (Å²) in [5.41, 5.74) is 0.646. The lowest BCUT2D eigenvalue weighted by molar-refractivity contribution is -0.182. The zero-order valence-corrected chi connectivity index (χ0v) is 19.3. The van der Waals surface area contributed by atoms with Crippen molar-refractivity contribution in [3.8, 4) is 0 Å². The van der Waals surface area contributed by atoms with Crippen molar-refractivity contribution in [3.63, 3.8) is 0 Å². The Bertz CT molecular complexity index is 1060. The summed E-state index contributed by atoms with van der Waals surface area (Å²) in [6.07, 6.45) is 5.07. The van der Waals surface area contributed by atoms with Crippen LogP contribution in [0.2, 0.25) is 0 Å². The molecule has 4 atom stereocenters. The summed E-state index contributed by atoms with van der Waals surface area (Å²) in [6.45, 7) is 0. The topological polar surface area (TPSA) is 66.8 Å². The highest BCUT2D eigenvalue weighted by molar-refractivity contribution is 5.81. The first-order valence-electron chi connectivity index (χ1n) is 12.0. The van der Waals surface area contributed by atoms with Gasteiger partial charge >= 0.3 is 5.97 Å². The molecule has 3 aromatic carbocycles. The van der Waals surface area contributed by atoms with E-state index in [9.17, 15) is 15.0 Å². The average Bonchev–Trinajstić information content (AvgIpc) is 2.89. The Balaban J connectivity index is 1.58. The van der Waals surface area contributed by atoms with E-state index in [2.05, 4.69) is 12.1 Å². The molecule has 4 nitrogen and oxygen atoms in total. The molecule has 1 aliphatic rings. The third kappa shape index (κ3) is 5.82. The van der Waals surface area contributed by atoms with Gasteiger partial charge in [-0.2, -0.15) is 0 Å². The second kappa shape index (κ2) is 11.3. The number of aliphatic hydroxyl groups excluding tert-OH is 1. The second-order valence-electron chi connectivity index (χ2n) is 9.05. The van der Waals surface area contributed by atoms with Crippen molar-refractivity contribution in [3.05, 3.63) is 114 Å². The molecular weight excluding hydrogens is 424 g/mol. The maximum Gasteiger partial charge on any atom is 0.341 e. The summed E-state index contributed by atoms with van der Waals surface area (Å²) in [7, 11) is 0. The molecule has 0 radical (unpaired) electrons. The number of benzene rings is 3. The van der Waals surface area contributed by atoms with E-state index in [-0.39, 0.29) is 18.4 Å². The van der Waals surface area contributed by atoms with E-state index in [0.29, 0.717) is 0 Å². The average molecular weight is 457 g/mol. The summed E-state index contributed by atoms with van der Waals surface area (Å²) < 4.78 is 5.99. The lowest BCUT2D eigenvalue weighted by Crippen LogP contribution is -2.53. The Hall–Kier alpha value is -3.21. The summed E-state index contributed by atoms with van der Waals surface area (Å²) in [5, 5.41) is 22.6. The predicted molar refractivity (Wildman–Crippen MR) is 134 cm³/mol. The van der Waals surface area contributed by atoms with Crippen LogP contribution < -0.4 is 0 Å². The zero-order valence-electron chi connectivity index (χ0n) is 19.3. The molecule has 0 amide bonds. The lowest BCUT2D eigenvalue weighted by Gasteiger charge is -2.36. The second-order valence-corrected chi connectivity index (χ2v) is 9.05. The molecule has 1 saturated carbocycles. The molecular formula is C30H32O4. The molecule has 1 fully saturated rings. The van der Waals surface area contributed by atoms with E-state index < -0.39 is 17.7 Å². The van der Waals surface area contributed by atoms with Gasteiger partial charge in [-0.25, -0.2) is 4.79 Å². The van der Waals surface area contributed by atoms with Crippen LogP contribution in [0.1, 0.15) is 48.3 Å². The van der Waals surface area contributed by atoms with Crippen molar-refractivity contribution in [2.75, 3.05) is 0 Å². The summed E-state index contributed by atoms with van der Waals surface area (Å²) in [6, 6.07) is 28.8. The van der Waals surface area contributed by atoms with Crippen LogP contribution in [-0.2, 0) is 16.0 Å². The summed E-state index contributed by atoms with van der Waals surface area (Å²) in [5.74, 6) is -0.703. The van der Waals surface area contributed by atoms with Gasteiger partial charge in [0.2, 0.25) is 0 Å². The minimum atomic E-state index is -2.11. The molecule has 0 aliphatic heterocycles. The van der Waals surface area contributed by atoms with Gasteiger partial charge in [0.05, 0.1) is 0 Å². The van der Waals surface area contributed by atoms with Crippen molar-refractivity contribution < 1.29 is 19.7 Å². The molecule has 4 heteroatoms. The van der Waals surface area contributed by atoms with E-state index in [1.54, 1.807) is 6.08 Å². The Morgan fingerprint density at radius 2 is 1.50 bits per heavy atom. The molecule has 0 bridgehead atoms. The molecule has 3 aromatic rings. The van der Waals surface area contributed by atoms with E-state index in [1.165, 1.54) is 6.08 Å². The Morgan fingerprint density at radius 3 is 2.18 bits per heavy atom. The van der Waals surface area contributed by atoms with Crippen LogP contribution in [0.5, 0.6) is 0 Å². The van der Waals surface area contributed by atoms with Crippen LogP contribution in [-0.4, -0.2) is 34.0 Å². The fourth-order valence-electron chi connectivity index (χ4n) is 4.69. The smallest absolute Gasteiger partial charge is 0.341 e. The molecule has 0 saturated heterocycles. The number of hydrogen-bond acceptors (Lipinski definition) is 4. The van der Waals surface area contributed by atoms with Gasteiger partial charge in [0, 0.05) is 12.3 Å². The van der Waals surface area contributed by atoms with Gasteiger partial charge in [0.25, 0.3) is 0 Å². The van der Waals surface area contributed by atoms with Gasteiger partial charge in [0.15, 0.2) is 5.60 Å². The number of hydrogen-bond donors (Lipinski definition) is 2. The molecule has 2 N–H and O–H groups in total. The quantitative estimate of drug-likeness (QED) is 0.451. The predicted octanol–water partition coefficient (Wildman–Crippen LogP) is 5.30. The van der Waals surface area contributed by atoms with Gasteiger partial charge < -0.3 is 14.9 Å². The lowest BCUT2D eigenvalue weighted by atomic mass is 9.81. The van der Waals surface area contributed by atoms with Crippen LogP contribution in [0, 0.1) is 0 Å². The molecule has 0 spiro atoms. The molecule has 0 heterocycles. The van der Waals surface area contributed by atoms with E-state index in [4.69, 9.17) is 4.74 Å². The molecule has 176 valence electrons. The third-order valence-corrected chi connectivity index (χ3v) is 6.62. The Kier molecular flexibility index (Phi) is 7.94. The maximum atomic E-state index is 13.5. The van der Waals surface area contributed by atoms with Crippen molar-refractivity contribution in [2.45, 2.75) is 55.8 Å². The fraction of sp³-hybridized carbons (Fsp3) is 0.300. The largest absolute Gasteiger partial charge is 0.460 e. The molecule has 1 aliphatic carbocycles. The number of esters is 1. The Morgan fingerprint density at radius 1 is 0.912 bits per heavy atom. The van der Waals surface area contributed by atoms with Gasteiger partial charge in [-0.3, -0.25) is 0 Å². The maximum absolute atomic E-state index is 13.5. The highest BCUT2D eigenvalue weighted by Crippen LogP contribution is 2.36. The van der Waals surface area contributed by atoms with Gasteiger partial charge in [-0.05, 0) is 36.0 Å². The van der Waals surface area contributed by atoms with Crippen molar-refractivity contribution in [2.24, 2.45) is 0 Å². The first kappa shape index (κ1) is 23.9. The zero-order chi connectivity index (χ0) is 23.8. The minimum Gasteiger partial charge on any atom is -0.460 e. The van der Waals surface area contributed by atoms with Gasteiger partial charge in [-0.1, -0.05) is 110 Å². The summed E-state index contributed by atoms with van der Waals surface area (Å²) >= 11 is 0.